The second-order valence-electron chi connectivity index (χ2n) is 7.73. The molecule has 1 aromatic heterocycles. The lowest BCUT2D eigenvalue weighted by Gasteiger charge is -2.15. The van der Waals surface area contributed by atoms with Crippen LogP contribution in [0.5, 0.6) is 0 Å². The van der Waals surface area contributed by atoms with Gasteiger partial charge >= 0.3 is 6.18 Å². The average molecular weight is 531 g/mol. The summed E-state index contributed by atoms with van der Waals surface area (Å²) >= 11 is 12.6. The number of benzene rings is 2. The summed E-state index contributed by atoms with van der Waals surface area (Å²) < 4.78 is 67.6. The van der Waals surface area contributed by atoms with Gasteiger partial charge in [-0.2, -0.15) is 22.6 Å². The predicted octanol–water partition coefficient (Wildman–Crippen LogP) is 6.04. The van der Waals surface area contributed by atoms with Gasteiger partial charge in [0.15, 0.2) is 0 Å². The molecule has 0 aliphatic carbocycles. The van der Waals surface area contributed by atoms with Crippen molar-refractivity contribution < 1.29 is 21.6 Å². The maximum Gasteiger partial charge on any atom is 0.416 e. The van der Waals surface area contributed by atoms with Crippen molar-refractivity contribution in [2.45, 2.75) is 30.8 Å². The first kappa shape index (κ1) is 24.7. The van der Waals surface area contributed by atoms with E-state index in [1.54, 1.807) is 6.92 Å². The van der Waals surface area contributed by atoms with Gasteiger partial charge in [-0.3, -0.25) is 4.99 Å². The third-order valence-corrected chi connectivity index (χ3v) is 8.00. The van der Waals surface area contributed by atoms with Gasteiger partial charge in [-0.25, -0.2) is 13.1 Å². The Kier molecular flexibility index (Phi) is 6.78. The molecule has 6 nitrogen and oxygen atoms in total. The summed E-state index contributed by atoms with van der Waals surface area (Å²) in [5, 5.41) is 4.52. The molecule has 0 radical (unpaired) electrons. The van der Waals surface area contributed by atoms with Crippen molar-refractivity contribution >= 4 is 45.1 Å². The van der Waals surface area contributed by atoms with E-state index in [4.69, 9.17) is 23.2 Å². The molecule has 4 rings (SSSR count). The number of aryl methyl sites for hydroxylation is 1. The van der Waals surface area contributed by atoms with E-state index in [2.05, 4.69) is 10.1 Å². The first-order valence-electron chi connectivity index (χ1n) is 10.2. The van der Waals surface area contributed by atoms with Gasteiger partial charge in [-0.1, -0.05) is 29.3 Å². The summed E-state index contributed by atoms with van der Waals surface area (Å²) in [5.74, 6) is 0. The number of hydrogen-bond acceptors (Lipinski definition) is 4. The van der Waals surface area contributed by atoms with E-state index in [0.717, 1.165) is 25.0 Å². The van der Waals surface area contributed by atoms with Gasteiger partial charge in [0.2, 0.25) is 10.0 Å². The molecule has 0 amide bonds. The number of alkyl halides is 3. The van der Waals surface area contributed by atoms with Crippen LogP contribution in [0.25, 0.3) is 5.69 Å². The van der Waals surface area contributed by atoms with E-state index >= 15 is 0 Å². The lowest BCUT2D eigenvalue weighted by Crippen LogP contribution is -2.27. The van der Waals surface area contributed by atoms with Crippen molar-refractivity contribution in [1.29, 1.82) is 0 Å². The van der Waals surface area contributed by atoms with E-state index in [1.165, 1.54) is 45.5 Å². The number of aliphatic imine (C=N–C) groups is 1. The van der Waals surface area contributed by atoms with Crippen LogP contribution >= 0.6 is 23.2 Å². The van der Waals surface area contributed by atoms with Gasteiger partial charge in [0.1, 0.15) is 5.15 Å². The van der Waals surface area contributed by atoms with E-state index in [0.29, 0.717) is 24.3 Å². The van der Waals surface area contributed by atoms with Crippen LogP contribution in [0.4, 0.5) is 18.9 Å². The molecule has 1 aliphatic rings. The molecule has 0 bridgehead atoms. The van der Waals surface area contributed by atoms with E-state index in [-0.39, 0.29) is 26.4 Å². The van der Waals surface area contributed by atoms with Crippen molar-refractivity contribution in [3.05, 3.63) is 69.5 Å². The van der Waals surface area contributed by atoms with Crippen LogP contribution < -0.4 is 0 Å². The quantitative estimate of drug-likeness (QED) is 0.377. The first-order chi connectivity index (χ1) is 16.0. The topological polar surface area (TPSA) is 67.6 Å². The van der Waals surface area contributed by atoms with Crippen molar-refractivity contribution in [3.63, 3.8) is 0 Å². The number of aromatic nitrogens is 2. The smallest absolute Gasteiger partial charge is 0.254 e. The third-order valence-electron chi connectivity index (χ3n) is 5.42. The zero-order valence-electron chi connectivity index (χ0n) is 17.9. The van der Waals surface area contributed by atoms with Crippen LogP contribution in [-0.4, -0.2) is 41.8 Å². The normalized spacial score (nSPS) is 15.5. The summed E-state index contributed by atoms with van der Waals surface area (Å²) in [4.78, 5) is 4.38. The zero-order valence-corrected chi connectivity index (χ0v) is 20.2. The highest BCUT2D eigenvalue weighted by Crippen LogP contribution is 2.33. The molecule has 0 unspecified atom stereocenters. The third kappa shape index (κ3) is 4.86. The minimum absolute atomic E-state index is 0.0533. The minimum atomic E-state index is -4.51. The minimum Gasteiger partial charge on any atom is -0.254 e. The van der Waals surface area contributed by atoms with Gasteiger partial charge in [0.05, 0.1) is 38.1 Å². The Bertz CT molecular complexity index is 1360. The molecule has 1 fully saturated rings. The van der Waals surface area contributed by atoms with Crippen molar-refractivity contribution in [2.75, 3.05) is 13.1 Å². The molecular weight excluding hydrogens is 512 g/mol. The molecule has 1 saturated heterocycles. The van der Waals surface area contributed by atoms with Crippen molar-refractivity contribution in [2.24, 2.45) is 4.99 Å². The molecule has 2 heterocycles. The molecule has 12 heteroatoms. The maximum absolute atomic E-state index is 13.1. The zero-order chi connectivity index (χ0) is 24.7. The Morgan fingerprint density at radius 3 is 2.47 bits per heavy atom. The van der Waals surface area contributed by atoms with E-state index in [1.807, 2.05) is 0 Å². The molecule has 2 aromatic carbocycles. The van der Waals surface area contributed by atoms with Crippen LogP contribution in [0, 0.1) is 6.92 Å². The molecular formula is C22H19Cl2F3N4O2S. The Labute approximate surface area is 204 Å². The number of nitrogens with zero attached hydrogens (tertiary/aromatic N) is 4. The Morgan fingerprint density at radius 2 is 1.79 bits per heavy atom. The summed E-state index contributed by atoms with van der Waals surface area (Å²) in [6.45, 7) is 2.56. The predicted molar refractivity (Wildman–Crippen MR) is 125 cm³/mol. The van der Waals surface area contributed by atoms with Gasteiger partial charge in [-0.05, 0) is 56.2 Å². The molecule has 1 aliphatic heterocycles. The number of sulfonamides is 1. The second kappa shape index (κ2) is 9.33. The summed E-state index contributed by atoms with van der Waals surface area (Å²) in [6, 6.07) is 8.90. The Hall–Kier alpha value is -2.40. The van der Waals surface area contributed by atoms with E-state index in [9.17, 15) is 21.6 Å². The number of rotatable bonds is 5. The summed E-state index contributed by atoms with van der Waals surface area (Å²) in [6.07, 6.45) is -1.52. The van der Waals surface area contributed by atoms with Crippen molar-refractivity contribution in [1.82, 2.24) is 14.1 Å². The van der Waals surface area contributed by atoms with E-state index < -0.39 is 21.8 Å². The van der Waals surface area contributed by atoms with Gasteiger partial charge in [-0.15, -0.1) is 0 Å². The highest BCUT2D eigenvalue weighted by atomic mass is 35.5. The van der Waals surface area contributed by atoms with Gasteiger partial charge < -0.3 is 0 Å². The fourth-order valence-corrected chi connectivity index (χ4v) is 5.63. The lowest BCUT2D eigenvalue weighted by atomic mass is 10.2. The molecule has 0 saturated carbocycles. The largest absolute Gasteiger partial charge is 0.416 e. The first-order valence-corrected chi connectivity index (χ1v) is 12.4. The summed E-state index contributed by atoms with van der Waals surface area (Å²) in [5.41, 5.74) is 0.307. The highest BCUT2D eigenvalue weighted by Gasteiger charge is 2.31. The summed E-state index contributed by atoms with van der Waals surface area (Å²) in [7, 11) is -3.66. The van der Waals surface area contributed by atoms with Gasteiger partial charge in [0, 0.05) is 19.3 Å². The van der Waals surface area contributed by atoms with Gasteiger partial charge in [0.25, 0.3) is 0 Å². The van der Waals surface area contributed by atoms with Crippen LogP contribution in [0.2, 0.25) is 10.2 Å². The molecule has 0 atom stereocenters. The fraction of sp³-hybridized carbons (Fsp3) is 0.273. The molecule has 34 heavy (non-hydrogen) atoms. The highest BCUT2D eigenvalue weighted by molar-refractivity contribution is 7.89. The maximum atomic E-state index is 13.1. The lowest BCUT2D eigenvalue weighted by molar-refractivity contribution is -0.137. The van der Waals surface area contributed by atoms with Crippen LogP contribution in [0.1, 0.15) is 29.7 Å². The van der Waals surface area contributed by atoms with Crippen LogP contribution in [-0.2, 0) is 16.2 Å². The van der Waals surface area contributed by atoms with Crippen LogP contribution in [0.3, 0.4) is 0 Å². The van der Waals surface area contributed by atoms with Crippen LogP contribution in [0.15, 0.2) is 52.4 Å². The Morgan fingerprint density at radius 1 is 1.09 bits per heavy atom. The van der Waals surface area contributed by atoms with Crippen molar-refractivity contribution in [3.8, 4) is 5.69 Å². The molecule has 0 spiro atoms. The number of hydrogen-bond donors (Lipinski definition) is 0. The Balaban J connectivity index is 1.68. The molecule has 3 aromatic rings. The molecule has 0 N–H and O–H groups in total. The number of halogens is 5. The monoisotopic (exact) mass is 530 g/mol. The average Bonchev–Trinajstić information content (AvgIpc) is 3.42. The molecule has 180 valence electrons. The SMILES string of the molecule is Cc1nn(-c2cccc(C(F)(F)F)c2)c(Cl)c1C=Nc1cc(S(=O)(=O)N2CCCC2)ccc1Cl. The second-order valence-corrected chi connectivity index (χ2v) is 10.4. The fourth-order valence-electron chi connectivity index (χ4n) is 3.61. The standard InChI is InChI=1S/C22H19Cl2F3N4O2S/c1-14-18(21(24)31(29-14)16-6-4-5-15(11-16)22(25,26)27)13-28-20-12-17(7-8-19(20)23)34(32,33)30-9-2-3-10-30/h4-8,11-13H,2-3,9-10H2,1H3.